The molecule has 2 aromatic carbocycles. The zero-order valence-corrected chi connectivity index (χ0v) is 20.0. The molecule has 1 heterocycles. The standard InChI is InChI=1S/C19H13Br2Cl2NO3S/c1-2-24-18(25)16(28-19(24)26)8-11-5-12(20)17(13(21)6-11)27-9-10-3-4-14(22)15(23)7-10/h3-8H,2,9H2,1H3/b16-8+. The number of rotatable bonds is 5. The molecule has 2 amide bonds. The van der Waals surface area contributed by atoms with Crippen molar-refractivity contribution in [3.8, 4) is 5.75 Å². The number of imide groups is 1. The van der Waals surface area contributed by atoms with Crippen LogP contribution in [-0.4, -0.2) is 22.6 Å². The molecule has 1 aliphatic heterocycles. The number of likely N-dealkylation sites (N-methyl/N-ethyl adjacent to an activating group) is 1. The molecule has 146 valence electrons. The van der Waals surface area contributed by atoms with Gasteiger partial charge in [-0.1, -0.05) is 29.3 Å². The second-order valence-corrected chi connectivity index (χ2v) is 9.29. The molecule has 0 atom stereocenters. The second kappa shape index (κ2) is 9.22. The van der Waals surface area contributed by atoms with Crippen LogP contribution in [0.5, 0.6) is 5.75 Å². The molecule has 0 unspecified atom stereocenters. The summed E-state index contributed by atoms with van der Waals surface area (Å²) in [7, 11) is 0. The summed E-state index contributed by atoms with van der Waals surface area (Å²) < 4.78 is 7.32. The first-order valence-electron chi connectivity index (χ1n) is 8.11. The molecular weight excluding hydrogens is 553 g/mol. The number of carbonyl (C=O) groups excluding carboxylic acids is 2. The number of halogens is 4. The normalized spacial score (nSPS) is 15.6. The van der Waals surface area contributed by atoms with Gasteiger partial charge in [0.25, 0.3) is 11.1 Å². The largest absolute Gasteiger partial charge is 0.487 e. The summed E-state index contributed by atoms with van der Waals surface area (Å²) in [4.78, 5) is 25.7. The van der Waals surface area contributed by atoms with Gasteiger partial charge in [0.05, 0.1) is 23.9 Å². The van der Waals surface area contributed by atoms with Gasteiger partial charge in [-0.05, 0) is 92.0 Å². The van der Waals surface area contributed by atoms with Crippen LogP contribution >= 0.6 is 66.8 Å². The Labute approximate surface area is 193 Å². The molecule has 1 aliphatic rings. The molecule has 28 heavy (non-hydrogen) atoms. The molecule has 1 fully saturated rings. The van der Waals surface area contributed by atoms with Gasteiger partial charge in [0.15, 0.2) is 0 Å². The van der Waals surface area contributed by atoms with Crippen LogP contribution in [0.25, 0.3) is 6.08 Å². The summed E-state index contributed by atoms with van der Waals surface area (Å²) in [5.41, 5.74) is 1.65. The quantitative estimate of drug-likeness (QED) is 0.361. The number of ether oxygens (including phenoxy) is 1. The van der Waals surface area contributed by atoms with Gasteiger partial charge < -0.3 is 4.74 Å². The van der Waals surface area contributed by atoms with E-state index in [1.165, 1.54) is 4.90 Å². The fraction of sp³-hybridized carbons (Fsp3) is 0.158. The Bertz CT molecular complexity index is 974. The molecule has 0 saturated carbocycles. The van der Waals surface area contributed by atoms with E-state index in [9.17, 15) is 9.59 Å². The van der Waals surface area contributed by atoms with Gasteiger partial charge in [0.1, 0.15) is 12.4 Å². The first kappa shape index (κ1) is 21.7. The topological polar surface area (TPSA) is 46.6 Å². The minimum Gasteiger partial charge on any atom is -0.487 e. The highest BCUT2D eigenvalue weighted by Crippen LogP contribution is 2.38. The number of hydrogen-bond acceptors (Lipinski definition) is 4. The highest BCUT2D eigenvalue weighted by atomic mass is 79.9. The van der Waals surface area contributed by atoms with Crippen LogP contribution in [0.1, 0.15) is 18.1 Å². The average molecular weight is 566 g/mol. The molecule has 4 nitrogen and oxygen atoms in total. The molecule has 9 heteroatoms. The van der Waals surface area contributed by atoms with E-state index in [2.05, 4.69) is 31.9 Å². The number of benzene rings is 2. The Morgan fingerprint density at radius 2 is 1.79 bits per heavy atom. The van der Waals surface area contributed by atoms with Crippen LogP contribution in [-0.2, 0) is 11.4 Å². The number of amides is 2. The number of carbonyl (C=O) groups is 2. The van der Waals surface area contributed by atoms with E-state index in [0.717, 1.165) is 22.9 Å². The number of thioether (sulfide) groups is 1. The molecular formula is C19H13Br2Cl2NO3S. The van der Waals surface area contributed by atoms with Crippen molar-refractivity contribution in [1.29, 1.82) is 0 Å². The number of hydrogen-bond donors (Lipinski definition) is 0. The molecule has 3 rings (SSSR count). The molecule has 0 radical (unpaired) electrons. The van der Waals surface area contributed by atoms with E-state index in [-0.39, 0.29) is 11.1 Å². The summed E-state index contributed by atoms with van der Waals surface area (Å²) in [6, 6.07) is 8.97. The molecule has 2 aromatic rings. The minimum absolute atomic E-state index is 0.251. The maximum atomic E-state index is 12.2. The van der Waals surface area contributed by atoms with Gasteiger partial charge in [-0.15, -0.1) is 0 Å². The lowest BCUT2D eigenvalue weighted by atomic mass is 10.2. The van der Waals surface area contributed by atoms with Crippen LogP contribution in [0.4, 0.5) is 4.79 Å². The van der Waals surface area contributed by atoms with Gasteiger partial charge in [-0.25, -0.2) is 0 Å². The van der Waals surface area contributed by atoms with Gasteiger partial charge in [-0.3, -0.25) is 14.5 Å². The van der Waals surface area contributed by atoms with Crippen LogP contribution in [0.15, 0.2) is 44.2 Å². The van der Waals surface area contributed by atoms with Crippen LogP contribution < -0.4 is 4.74 Å². The fourth-order valence-corrected chi connectivity index (χ4v) is 5.18. The third-order valence-corrected chi connectivity index (χ3v) is 6.70. The Morgan fingerprint density at radius 3 is 2.36 bits per heavy atom. The lowest BCUT2D eigenvalue weighted by Crippen LogP contribution is -2.27. The van der Waals surface area contributed by atoms with Crippen molar-refractivity contribution in [3.05, 3.63) is 65.4 Å². The van der Waals surface area contributed by atoms with Crippen LogP contribution in [0, 0.1) is 0 Å². The summed E-state index contributed by atoms with van der Waals surface area (Å²) in [6.07, 6.45) is 1.69. The average Bonchev–Trinajstić information content (AvgIpc) is 2.90. The Morgan fingerprint density at radius 1 is 1.11 bits per heavy atom. The SMILES string of the molecule is CCN1C(=O)S/C(=C/c2cc(Br)c(OCc3ccc(Cl)c(Cl)c3)c(Br)c2)C1=O. The van der Waals surface area contributed by atoms with E-state index in [4.69, 9.17) is 27.9 Å². The first-order chi connectivity index (χ1) is 13.3. The van der Waals surface area contributed by atoms with Gasteiger partial charge in [0.2, 0.25) is 0 Å². The maximum absolute atomic E-state index is 12.2. The zero-order valence-electron chi connectivity index (χ0n) is 14.5. The Balaban J connectivity index is 1.79. The van der Waals surface area contributed by atoms with Crippen molar-refractivity contribution < 1.29 is 14.3 Å². The van der Waals surface area contributed by atoms with Crippen molar-refractivity contribution in [2.45, 2.75) is 13.5 Å². The third-order valence-electron chi connectivity index (χ3n) is 3.88. The third kappa shape index (κ3) is 4.76. The molecule has 0 N–H and O–H groups in total. The van der Waals surface area contributed by atoms with E-state index < -0.39 is 0 Å². The first-order valence-corrected chi connectivity index (χ1v) is 11.3. The van der Waals surface area contributed by atoms with Crippen molar-refractivity contribution in [3.63, 3.8) is 0 Å². The highest BCUT2D eigenvalue weighted by molar-refractivity contribution is 9.11. The lowest BCUT2D eigenvalue weighted by molar-refractivity contribution is -0.122. The van der Waals surface area contributed by atoms with E-state index in [1.807, 2.05) is 18.2 Å². The van der Waals surface area contributed by atoms with Crippen molar-refractivity contribution in [1.82, 2.24) is 4.90 Å². The Kier molecular flexibility index (Phi) is 7.15. The van der Waals surface area contributed by atoms with Crippen molar-refractivity contribution in [2.24, 2.45) is 0 Å². The molecule has 0 aliphatic carbocycles. The maximum Gasteiger partial charge on any atom is 0.293 e. The summed E-state index contributed by atoms with van der Waals surface area (Å²) in [6.45, 7) is 2.44. The lowest BCUT2D eigenvalue weighted by Gasteiger charge is -2.12. The predicted molar refractivity (Wildman–Crippen MR) is 121 cm³/mol. The fourth-order valence-electron chi connectivity index (χ4n) is 2.51. The summed E-state index contributed by atoms with van der Waals surface area (Å²) in [5, 5.41) is 0.709. The van der Waals surface area contributed by atoms with Crippen LogP contribution in [0.2, 0.25) is 10.0 Å². The van der Waals surface area contributed by atoms with Gasteiger partial charge >= 0.3 is 0 Å². The minimum atomic E-state index is -0.273. The summed E-state index contributed by atoms with van der Waals surface area (Å²) in [5.74, 6) is 0.342. The van der Waals surface area contributed by atoms with Crippen LogP contribution in [0.3, 0.4) is 0 Å². The molecule has 1 saturated heterocycles. The second-order valence-electron chi connectivity index (χ2n) is 5.78. The zero-order chi connectivity index (χ0) is 20.4. The van der Waals surface area contributed by atoms with Crippen molar-refractivity contribution >= 4 is 84.0 Å². The molecule has 0 spiro atoms. The van der Waals surface area contributed by atoms with E-state index >= 15 is 0 Å². The smallest absolute Gasteiger partial charge is 0.293 e. The van der Waals surface area contributed by atoms with Gasteiger partial charge in [-0.2, -0.15) is 0 Å². The van der Waals surface area contributed by atoms with E-state index in [1.54, 1.807) is 25.1 Å². The molecule has 0 bridgehead atoms. The van der Waals surface area contributed by atoms with Gasteiger partial charge in [0, 0.05) is 6.54 Å². The summed E-state index contributed by atoms with van der Waals surface area (Å²) >= 11 is 19.9. The van der Waals surface area contributed by atoms with Crippen molar-refractivity contribution in [2.75, 3.05) is 6.54 Å². The monoisotopic (exact) mass is 563 g/mol. The highest BCUT2D eigenvalue weighted by Gasteiger charge is 2.33. The van der Waals surface area contributed by atoms with E-state index in [0.29, 0.717) is 42.8 Å². The predicted octanol–water partition coefficient (Wildman–Crippen LogP) is 7.15. The Hall–Kier alpha value is -0.990. The molecule has 0 aromatic heterocycles. The number of nitrogens with zero attached hydrogens (tertiary/aromatic N) is 1.